The Morgan fingerprint density at radius 2 is 0.827 bits per heavy atom. The molecule has 1 amide bonds. The molecule has 1 saturated heterocycles. The van der Waals surface area contributed by atoms with Crippen LogP contribution < -0.4 is 5.32 Å². The summed E-state index contributed by atoms with van der Waals surface area (Å²) in [4.78, 5) is 25.1. The van der Waals surface area contributed by atoms with Crippen molar-refractivity contribution in [3.8, 4) is 0 Å². The van der Waals surface area contributed by atoms with Gasteiger partial charge < -0.3 is 45.1 Å². The Balaban J connectivity index is 1.91. The van der Waals surface area contributed by atoms with Gasteiger partial charge in [0.25, 0.3) is 0 Å². The van der Waals surface area contributed by atoms with E-state index in [1.165, 1.54) is 244 Å². The first-order valence-corrected chi connectivity index (χ1v) is 34.8. The maximum Gasteiger partial charge on any atom is 0.305 e. The third-order valence-electron chi connectivity index (χ3n) is 16.5. The molecule has 11 nitrogen and oxygen atoms in total. The lowest BCUT2D eigenvalue weighted by Gasteiger charge is -2.40. The first-order chi connectivity index (χ1) is 39.7. The van der Waals surface area contributed by atoms with Crippen LogP contribution >= 0.6 is 0 Å². The molecule has 0 saturated carbocycles. The maximum absolute atomic E-state index is 13.0. The van der Waals surface area contributed by atoms with Gasteiger partial charge in [-0.2, -0.15) is 0 Å². The fourth-order valence-corrected chi connectivity index (χ4v) is 11.0. The molecule has 1 fully saturated rings. The lowest BCUT2D eigenvalue weighted by atomic mass is 9.99. The number of nitrogens with one attached hydrogen (secondary N) is 1. The smallest absolute Gasteiger partial charge is 0.305 e. The summed E-state index contributed by atoms with van der Waals surface area (Å²) < 4.78 is 16.7. The zero-order valence-corrected chi connectivity index (χ0v) is 52.8. The average molecular weight is 1150 g/mol. The van der Waals surface area contributed by atoms with Crippen molar-refractivity contribution in [2.75, 3.05) is 19.8 Å². The van der Waals surface area contributed by atoms with Crippen LogP contribution in [0, 0.1) is 0 Å². The lowest BCUT2D eigenvalue weighted by Crippen LogP contribution is -2.60. The fourth-order valence-electron chi connectivity index (χ4n) is 11.0. The first-order valence-electron chi connectivity index (χ1n) is 34.8. The summed E-state index contributed by atoms with van der Waals surface area (Å²) >= 11 is 0. The van der Waals surface area contributed by atoms with Gasteiger partial charge in [-0.05, 0) is 64.2 Å². The molecule has 0 aromatic heterocycles. The molecular weight excluding hydrogens is 1010 g/mol. The van der Waals surface area contributed by atoms with Gasteiger partial charge in [-0.25, -0.2) is 0 Å². The number of esters is 1. The number of hydrogen-bond donors (Lipinski definition) is 6. The van der Waals surface area contributed by atoms with E-state index >= 15 is 0 Å². The maximum atomic E-state index is 13.0. The topological polar surface area (TPSA) is 175 Å². The molecule has 1 aliphatic rings. The van der Waals surface area contributed by atoms with E-state index in [1.807, 2.05) is 6.08 Å². The van der Waals surface area contributed by atoms with Crippen molar-refractivity contribution < 1.29 is 49.3 Å². The number of ether oxygens (including phenoxy) is 3. The largest absolute Gasteiger partial charge is 0.466 e. The number of allylic oxidation sites excluding steroid dienone is 5. The fraction of sp³-hybridized carbons (Fsp3) is 0.886. The third-order valence-corrected chi connectivity index (χ3v) is 16.5. The van der Waals surface area contributed by atoms with Crippen LogP contribution in [0.5, 0.6) is 0 Å². The minimum atomic E-state index is -1.57. The van der Waals surface area contributed by atoms with Crippen molar-refractivity contribution in [1.82, 2.24) is 5.32 Å². The second kappa shape index (κ2) is 59.6. The molecule has 1 rings (SSSR count). The summed E-state index contributed by atoms with van der Waals surface area (Å²) in [6, 6.07) is -0.807. The van der Waals surface area contributed by atoms with E-state index in [4.69, 9.17) is 14.2 Å². The van der Waals surface area contributed by atoms with E-state index in [0.717, 1.165) is 64.2 Å². The van der Waals surface area contributed by atoms with Gasteiger partial charge in [-0.15, -0.1) is 0 Å². The van der Waals surface area contributed by atoms with Crippen molar-refractivity contribution in [3.05, 3.63) is 36.5 Å². The zero-order valence-electron chi connectivity index (χ0n) is 52.8. The highest BCUT2D eigenvalue weighted by atomic mass is 16.7. The number of carbonyl (C=O) groups is 2. The second-order valence-electron chi connectivity index (χ2n) is 24.2. The number of aliphatic hydroxyl groups is 5. The molecule has 0 aromatic rings. The molecule has 476 valence electrons. The van der Waals surface area contributed by atoms with E-state index in [0.29, 0.717) is 19.4 Å². The van der Waals surface area contributed by atoms with Gasteiger partial charge in [-0.3, -0.25) is 9.59 Å². The Labute approximate surface area is 498 Å². The number of aliphatic hydroxyl groups excluding tert-OH is 5. The molecule has 81 heavy (non-hydrogen) atoms. The third kappa shape index (κ3) is 48.8. The van der Waals surface area contributed by atoms with E-state index in [2.05, 4.69) is 43.5 Å². The Morgan fingerprint density at radius 3 is 1.26 bits per heavy atom. The molecule has 1 heterocycles. The van der Waals surface area contributed by atoms with Crippen LogP contribution in [-0.4, -0.2) is 100 Å². The van der Waals surface area contributed by atoms with Gasteiger partial charge in [0.1, 0.15) is 24.4 Å². The number of amides is 1. The van der Waals surface area contributed by atoms with E-state index in [1.54, 1.807) is 6.08 Å². The molecule has 0 aromatic carbocycles. The molecule has 1 aliphatic heterocycles. The van der Waals surface area contributed by atoms with Crippen LogP contribution in [0.1, 0.15) is 335 Å². The molecular formula is C70H131NO10. The van der Waals surface area contributed by atoms with Crippen LogP contribution in [0.2, 0.25) is 0 Å². The van der Waals surface area contributed by atoms with Crippen LogP contribution in [-0.2, 0) is 23.8 Å². The molecule has 0 aliphatic carbocycles. The molecule has 6 N–H and O–H groups in total. The summed E-state index contributed by atoms with van der Waals surface area (Å²) in [5, 5.41) is 54.3. The number of rotatable bonds is 61. The monoisotopic (exact) mass is 1150 g/mol. The summed E-state index contributed by atoms with van der Waals surface area (Å²) in [6.45, 7) is 4.32. The average Bonchev–Trinajstić information content (AvgIpc) is 3.47. The van der Waals surface area contributed by atoms with Crippen molar-refractivity contribution in [3.63, 3.8) is 0 Å². The Bertz CT molecular complexity index is 1440. The Kier molecular flexibility index (Phi) is 56.6. The van der Waals surface area contributed by atoms with Gasteiger partial charge >= 0.3 is 5.97 Å². The zero-order chi connectivity index (χ0) is 58.7. The molecule has 7 atom stereocenters. The number of hydrogen-bond acceptors (Lipinski definition) is 10. The highest BCUT2D eigenvalue weighted by Gasteiger charge is 2.44. The van der Waals surface area contributed by atoms with Gasteiger partial charge in [0.05, 0.1) is 32.0 Å². The summed E-state index contributed by atoms with van der Waals surface area (Å²) in [5.74, 6) is -0.181. The summed E-state index contributed by atoms with van der Waals surface area (Å²) in [6.07, 6.45) is 65.7. The standard InChI is InChI=1S/C70H131NO10/c1-3-5-7-9-11-13-14-15-16-17-29-32-35-38-42-46-50-54-58-66(75)79-59-55-51-47-43-39-36-33-30-27-25-23-21-19-18-20-22-24-26-28-31-34-37-41-45-49-53-57-65(74)71-62(63(73)56-52-48-44-40-12-10-8-6-4-2)61-80-70-69(78)68(77)67(76)64(60-72)81-70/h13-14,16-17,52,56,62-64,67-70,72-73,76-78H,3-12,15,18-51,53-55,57-61H2,1-2H3,(H,71,74)/b14-13-,17-16-,56-52+. The Morgan fingerprint density at radius 1 is 0.457 bits per heavy atom. The molecule has 0 spiro atoms. The second-order valence-corrected chi connectivity index (χ2v) is 24.2. The number of unbranched alkanes of at least 4 members (excludes halogenated alkanes) is 43. The van der Waals surface area contributed by atoms with Crippen LogP contribution in [0.15, 0.2) is 36.5 Å². The molecule has 0 bridgehead atoms. The van der Waals surface area contributed by atoms with Crippen LogP contribution in [0.3, 0.4) is 0 Å². The Hall–Kier alpha value is -2.12. The van der Waals surface area contributed by atoms with Crippen molar-refractivity contribution in [2.45, 2.75) is 378 Å². The minimum absolute atomic E-state index is 0.0000800. The van der Waals surface area contributed by atoms with Gasteiger partial charge in [0, 0.05) is 12.8 Å². The summed E-state index contributed by atoms with van der Waals surface area (Å²) in [5.41, 5.74) is 0. The van der Waals surface area contributed by atoms with Crippen LogP contribution in [0.4, 0.5) is 0 Å². The predicted octanol–water partition coefficient (Wildman–Crippen LogP) is 17.4. The molecule has 7 unspecified atom stereocenters. The van der Waals surface area contributed by atoms with Gasteiger partial charge in [0.2, 0.25) is 5.91 Å². The van der Waals surface area contributed by atoms with Gasteiger partial charge in [-0.1, -0.05) is 294 Å². The van der Waals surface area contributed by atoms with E-state index < -0.39 is 49.5 Å². The highest BCUT2D eigenvalue weighted by Crippen LogP contribution is 2.23. The van der Waals surface area contributed by atoms with Gasteiger partial charge in [0.15, 0.2) is 6.29 Å². The van der Waals surface area contributed by atoms with Crippen molar-refractivity contribution >= 4 is 11.9 Å². The highest BCUT2D eigenvalue weighted by molar-refractivity contribution is 5.76. The van der Waals surface area contributed by atoms with Crippen molar-refractivity contribution in [1.29, 1.82) is 0 Å². The number of carbonyl (C=O) groups excluding carboxylic acids is 2. The van der Waals surface area contributed by atoms with E-state index in [-0.39, 0.29) is 18.5 Å². The van der Waals surface area contributed by atoms with E-state index in [9.17, 15) is 35.1 Å². The minimum Gasteiger partial charge on any atom is -0.466 e. The summed E-state index contributed by atoms with van der Waals surface area (Å²) in [7, 11) is 0. The lowest BCUT2D eigenvalue weighted by molar-refractivity contribution is -0.302. The predicted molar refractivity (Wildman–Crippen MR) is 338 cm³/mol. The first kappa shape index (κ1) is 76.9. The molecule has 0 radical (unpaired) electrons. The van der Waals surface area contributed by atoms with Crippen molar-refractivity contribution in [2.24, 2.45) is 0 Å². The quantitative estimate of drug-likeness (QED) is 0.0195. The normalized spacial score (nSPS) is 18.4. The molecule has 11 heteroatoms. The SMILES string of the molecule is CCCCCC/C=C\C/C=C\CCCCCCCCCC(=O)OCCCCCCCCCCCCCCCCCCCCCCCCCCCCC(=O)NC(COC1OC(CO)C(O)C(O)C1O)C(O)/C=C/CCCCCCCCC. The van der Waals surface area contributed by atoms with Crippen LogP contribution in [0.25, 0.3) is 0 Å².